The maximum Gasteiger partial charge on any atom is 0.298 e. The molecule has 0 N–H and O–H groups in total. The lowest BCUT2D eigenvalue weighted by molar-refractivity contribution is 0.237. The van der Waals surface area contributed by atoms with Crippen LogP contribution < -0.4 is 0 Å². The average molecular weight is 317 g/mol. The third-order valence-electron chi connectivity index (χ3n) is 3.92. The van der Waals surface area contributed by atoms with Crippen LogP contribution in [0.2, 0.25) is 0 Å². The van der Waals surface area contributed by atoms with Crippen molar-refractivity contribution < 1.29 is 12.6 Å². The van der Waals surface area contributed by atoms with Gasteiger partial charge in [0.25, 0.3) is 10.1 Å². The van der Waals surface area contributed by atoms with Gasteiger partial charge in [0, 0.05) is 6.54 Å². The van der Waals surface area contributed by atoms with Crippen molar-refractivity contribution in [2.45, 2.75) is 37.6 Å². The molecule has 0 aromatic heterocycles. The molecule has 116 valence electrons. The molecule has 2 aromatic rings. The second kappa shape index (κ2) is 5.83. The Morgan fingerprint density at radius 3 is 2.32 bits per heavy atom. The van der Waals surface area contributed by atoms with Crippen LogP contribution in [0.3, 0.4) is 0 Å². The molecule has 1 aliphatic rings. The Kier molecular flexibility index (Phi) is 4.04. The molecule has 0 bridgehead atoms. The molecule has 3 rings (SSSR count). The van der Waals surface area contributed by atoms with E-state index in [0.717, 1.165) is 11.1 Å². The van der Waals surface area contributed by atoms with E-state index >= 15 is 0 Å². The van der Waals surface area contributed by atoms with Crippen molar-refractivity contribution in [3.05, 3.63) is 65.7 Å². The highest BCUT2D eigenvalue weighted by molar-refractivity contribution is 7.86. The zero-order valence-electron chi connectivity index (χ0n) is 12.6. The highest BCUT2D eigenvalue weighted by atomic mass is 32.2. The van der Waals surface area contributed by atoms with Crippen LogP contribution in [0, 0.1) is 6.92 Å². The minimum absolute atomic E-state index is 0.0976. The zero-order chi connectivity index (χ0) is 15.7. The van der Waals surface area contributed by atoms with Gasteiger partial charge in [0.2, 0.25) is 0 Å². The van der Waals surface area contributed by atoms with Gasteiger partial charge in [0.1, 0.15) is 6.23 Å². The normalized spacial score (nSPS) is 24.2. The van der Waals surface area contributed by atoms with Crippen LogP contribution in [0.4, 0.5) is 0 Å². The highest BCUT2D eigenvalue weighted by Gasteiger charge is 2.48. The molecule has 1 aliphatic heterocycles. The van der Waals surface area contributed by atoms with Crippen molar-refractivity contribution in [3.8, 4) is 0 Å². The van der Waals surface area contributed by atoms with Gasteiger partial charge in [-0.3, -0.25) is 4.90 Å². The van der Waals surface area contributed by atoms with Crippen LogP contribution >= 0.6 is 0 Å². The van der Waals surface area contributed by atoms with Gasteiger partial charge in [0.05, 0.1) is 10.9 Å². The van der Waals surface area contributed by atoms with Crippen molar-refractivity contribution >= 4 is 10.1 Å². The van der Waals surface area contributed by atoms with Gasteiger partial charge in [-0.15, -0.1) is 0 Å². The van der Waals surface area contributed by atoms with Gasteiger partial charge in [-0.1, -0.05) is 48.0 Å². The molecule has 2 aromatic carbocycles. The summed E-state index contributed by atoms with van der Waals surface area (Å²) in [6.07, 6.45) is -0.383. The van der Waals surface area contributed by atoms with E-state index in [0.29, 0.717) is 6.54 Å². The van der Waals surface area contributed by atoms with Crippen LogP contribution in [0.1, 0.15) is 18.1 Å². The predicted molar refractivity (Wildman–Crippen MR) is 84.7 cm³/mol. The Morgan fingerprint density at radius 2 is 1.68 bits per heavy atom. The van der Waals surface area contributed by atoms with E-state index in [9.17, 15) is 8.42 Å². The summed E-state index contributed by atoms with van der Waals surface area (Å²) in [7, 11) is -3.71. The summed E-state index contributed by atoms with van der Waals surface area (Å²) in [5.74, 6) is 0. The standard InChI is InChI=1S/C17H19NO3S/c1-13-8-10-16(11-9-13)22(19,20)21-17-14(2)18(17)12-15-6-4-3-5-7-15/h3-11,14,17H,12H2,1-2H3. The number of nitrogens with zero attached hydrogens (tertiary/aromatic N) is 1. The average Bonchev–Trinajstić information content (AvgIpc) is 3.08. The van der Waals surface area contributed by atoms with Gasteiger partial charge in [-0.25, -0.2) is 4.18 Å². The molecule has 0 radical (unpaired) electrons. The van der Waals surface area contributed by atoms with Gasteiger partial charge in [0.15, 0.2) is 0 Å². The third kappa shape index (κ3) is 3.21. The largest absolute Gasteiger partial charge is 0.298 e. The Hall–Kier alpha value is -1.69. The first-order valence-corrected chi connectivity index (χ1v) is 8.68. The minimum atomic E-state index is -3.71. The van der Waals surface area contributed by atoms with Crippen molar-refractivity contribution in [1.82, 2.24) is 4.90 Å². The molecular weight excluding hydrogens is 298 g/mol. The fourth-order valence-corrected chi connectivity index (χ4v) is 3.54. The SMILES string of the molecule is Cc1ccc(S(=O)(=O)OC2C(C)N2Cc2ccccc2)cc1. The lowest BCUT2D eigenvalue weighted by Gasteiger charge is -2.06. The molecule has 4 nitrogen and oxygen atoms in total. The fraction of sp³-hybridized carbons (Fsp3) is 0.294. The van der Waals surface area contributed by atoms with E-state index in [1.54, 1.807) is 24.3 Å². The monoisotopic (exact) mass is 317 g/mol. The molecule has 1 heterocycles. The number of hydrogen-bond acceptors (Lipinski definition) is 4. The van der Waals surface area contributed by atoms with Crippen molar-refractivity contribution in [2.24, 2.45) is 0 Å². The zero-order valence-corrected chi connectivity index (χ0v) is 13.5. The first-order chi connectivity index (χ1) is 10.5. The van der Waals surface area contributed by atoms with Crippen molar-refractivity contribution in [2.75, 3.05) is 0 Å². The summed E-state index contributed by atoms with van der Waals surface area (Å²) in [6.45, 7) is 4.58. The van der Waals surface area contributed by atoms with E-state index < -0.39 is 10.1 Å². The Morgan fingerprint density at radius 1 is 1.05 bits per heavy atom. The predicted octanol–water partition coefficient (Wildman–Crippen LogP) is 2.93. The van der Waals surface area contributed by atoms with Crippen LogP contribution in [0.15, 0.2) is 59.5 Å². The summed E-state index contributed by atoms with van der Waals surface area (Å²) >= 11 is 0. The molecule has 1 fully saturated rings. The smallest absolute Gasteiger partial charge is 0.265 e. The molecule has 1 saturated heterocycles. The van der Waals surface area contributed by atoms with E-state index in [-0.39, 0.29) is 17.2 Å². The number of hydrogen-bond donors (Lipinski definition) is 0. The molecular formula is C17H19NO3S. The second-order valence-corrected chi connectivity index (χ2v) is 7.22. The maximum atomic E-state index is 12.3. The van der Waals surface area contributed by atoms with Gasteiger partial charge in [-0.2, -0.15) is 8.42 Å². The Labute approximate surface area is 131 Å². The number of rotatable bonds is 5. The first-order valence-electron chi connectivity index (χ1n) is 7.27. The van der Waals surface area contributed by atoms with Gasteiger partial charge in [-0.05, 0) is 31.5 Å². The molecule has 3 atom stereocenters. The van der Waals surface area contributed by atoms with E-state index in [1.807, 2.05) is 49.1 Å². The number of benzene rings is 2. The molecule has 0 amide bonds. The van der Waals surface area contributed by atoms with E-state index in [4.69, 9.17) is 4.18 Å². The maximum absolute atomic E-state index is 12.3. The van der Waals surface area contributed by atoms with Crippen LogP contribution in [-0.2, 0) is 20.8 Å². The summed E-state index contributed by atoms with van der Waals surface area (Å²) in [6, 6.07) is 16.8. The molecule has 22 heavy (non-hydrogen) atoms. The van der Waals surface area contributed by atoms with Gasteiger partial charge >= 0.3 is 0 Å². The molecule has 0 saturated carbocycles. The Balaban J connectivity index is 1.67. The van der Waals surface area contributed by atoms with E-state index in [2.05, 4.69) is 0 Å². The minimum Gasteiger partial charge on any atom is -0.265 e. The lowest BCUT2D eigenvalue weighted by Crippen LogP contribution is -2.13. The molecule has 5 heteroatoms. The molecule has 0 aliphatic carbocycles. The molecule has 3 unspecified atom stereocenters. The van der Waals surface area contributed by atoms with E-state index in [1.165, 1.54) is 0 Å². The van der Waals surface area contributed by atoms with Crippen molar-refractivity contribution in [1.29, 1.82) is 0 Å². The quantitative estimate of drug-likeness (QED) is 0.628. The third-order valence-corrected chi connectivity index (χ3v) is 5.22. The van der Waals surface area contributed by atoms with Gasteiger partial charge < -0.3 is 0 Å². The summed E-state index contributed by atoms with van der Waals surface area (Å²) < 4.78 is 29.9. The highest BCUT2D eigenvalue weighted by Crippen LogP contribution is 2.33. The Bertz CT molecular complexity index is 741. The summed E-state index contributed by atoms with van der Waals surface area (Å²) in [5.41, 5.74) is 2.16. The lowest BCUT2D eigenvalue weighted by atomic mass is 10.2. The number of aryl methyl sites for hydroxylation is 1. The first kappa shape index (κ1) is 15.2. The summed E-state index contributed by atoms with van der Waals surface area (Å²) in [5, 5.41) is 0. The fourth-order valence-electron chi connectivity index (χ4n) is 2.43. The topological polar surface area (TPSA) is 46.4 Å². The van der Waals surface area contributed by atoms with Crippen LogP contribution in [0.25, 0.3) is 0 Å². The molecule has 0 spiro atoms. The van der Waals surface area contributed by atoms with Crippen molar-refractivity contribution in [3.63, 3.8) is 0 Å². The second-order valence-electron chi connectivity index (χ2n) is 5.65. The van der Waals surface area contributed by atoms with Crippen LogP contribution in [-0.4, -0.2) is 25.6 Å². The summed E-state index contributed by atoms with van der Waals surface area (Å²) in [4.78, 5) is 2.22. The van der Waals surface area contributed by atoms with Crippen LogP contribution in [0.5, 0.6) is 0 Å².